The third-order valence-corrected chi connectivity index (χ3v) is 6.33. The Morgan fingerprint density at radius 3 is 1.57 bits per heavy atom. The molecule has 0 saturated heterocycles. The van der Waals surface area contributed by atoms with Crippen LogP contribution in [0.25, 0.3) is 0 Å². The van der Waals surface area contributed by atoms with Crippen LogP contribution in [0.2, 0.25) is 0 Å². The lowest BCUT2D eigenvalue weighted by atomic mass is 10.3. The molecule has 0 aliphatic rings. The molecule has 6 heteroatoms. The highest BCUT2D eigenvalue weighted by Gasteiger charge is 2.27. The Kier molecular flexibility index (Phi) is 4.76. The number of hydrogen-bond acceptors (Lipinski definition) is 4. The molecule has 0 aromatic heterocycles. The van der Waals surface area contributed by atoms with Crippen molar-refractivity contribution in [3.63, 3.8) is 0 Å². The Bertz CT molecular complexity index is 696. The van der Waals surface area contributed by atoms with Gasteiger partial charge in [0.05, 0.1) is 0 Å². The monoisotopic (exact) mass is 324 g/mol. The fraction of sp³-hybridized carbons (Fsp3) is 0.133. The first-order valence-electron chi connectivity index (χ1n) is 6.25. The number of para-hydroxylation sites is 2. The molecule has 2 aromatic carbocycles. The summed E-state index contributed by atoms with van der Waals surface area (Å²) in [5, 5.41) is 1.17. The van der Waals surface area contributed by atoms with Gasteiger partial charge in [-0.05, 0) is 33.8 Å². The van der Waals surface area contributed by atoms with E-state index >= 15 is 0 Å². The largest absolute Gasteiger partial charge is 0.463 e. The van der Waals surface area contributed by atoms with E-state index in [2.05, 4.69) is 0 Å². The highest BCUT2D eigenvalue weighted by atomic mass is 32.2. The summed E-state index contributed by atoms with van der Waals surface area (Å²) >= 11 is 0. The highest BCUT2D eigenvalue weighted by Crippen LogP contribution is 2.46. The van der Waals surface area contributed by atoms with Crippen LogP contribution >= 0.6 is 7.60 Å². The topological polar surface area (TPSA) is 52.6 Å². The predicted octanol–water partition coefficient (Wildman–Crippen LogP) is 3.64. The van der Waals surface area contributed by atoms with Crippen molar-refractivity contribution in [1.29, 1.82) is 0 Å². The molecule has 112 valence electrons. The maximum absolute atomic E-state index is 12.9. The van der Waals surface area contributed by atoms with Gasteiger partial charge in [0.15, 0.2) is 0 Å². The second-order valence-electron chi connectivity index (χ2n) is 4.76. The minimum Gasteiger partial charge on any atom is -0.413 e. The van der Waals surface area contributed by atoms with Crippen LogP contribution in [-0.4, -0.2) is 21.8 Å². The zero-order valence-corrected chi connectivity index (χ0v) is 13.6. The van der Waals surface area contributed by atoms with Crippen LogP contribution < -0.4 is 9.05 Å². The van der Waals surface area contributed by atoms with Crippen LogP contribution in [0.15, 0.2) is 60.7 Å². The van der Waals surface area contributed by atoms with Gasteiger partial charge in [0.2, 0.25) is 0 Å². The lowest BCUT2D eigenvalue weighted by molar-refractivity contribution is 0.404. The van der Waals surface area contributed by atoms with Crippen molar-refractivity contribution in [2.75, 3.05) is 12.5 Å². The van der Waals surface area contributed by atoms with Gasteiger partial charge in [0.25, 0.3) is 0 Å². The molecule has 0 unspecified atom stereocenters. The highest BCUT2D eigenvalue weighted by molar-refractivity contribution is 8.09. The standard InChI is InChI=1S/C15H17O4PS/c1-21(2,17)13-20(16,18-14-9-5-3-6-10-14)19-15-11-7-4-8-12-15/h3-13H,1-2H3. The lowest BCUT2D eigenvalue weighted by Crippen LogP contribution is -2.07. The predicted molar refractivity (Wildman–Crippen MR) is 87.8 cm³/mol. The number of rotatable bonds is 5. The van der Waals surface area contributed by atoms with Gasteiger partial charge in [-0.15, -0.1) is 0 Å². The van der Waals surface area contributed by atoms with E-state index in [1.807, 2.05) is 12.1 Å². The molecule has 2 rings (SSSR count). The summed E-state index contributed by atoms with van der Waals surface area (Å²) in [6.07, 6.45) is 2.98. The molecule has 0 heterocycles. The van der Waals surface area contributed by atoms with Crippen LogP contribution in [-0.2, 0) is 14.1 Å². The smallest absolute Gasteiger partial charge is 0.413 e. The van der Waals surface area contributed by atoms with Gasteiger partial charge < -0.3 is 9.05 Å². The average molecular weight is 324 g/mol. The molecular formula is C15H17O4PS. The molecule has 0 bridgehead atoms. The molecule has 0 spiro atoms. The summed E-state index contributed by atoms with van der Waals surface area (Å²) in [7, 11) is -6.10. The summed E-state index contributed by atoms with van der Waals surface area (Å²) in [4.78, 5) is 0. The van der Waals surface area contributed by atoms with E-state index in [9.17, 15) is 8.77 Å². The van der Waals surface area contributed by atoms with Gasteiger partial charge >= 0.3 is 7.60 Å². The quantitative estimate of drug-likeness (QED) is 0.622. The second kappa shape index (κ2) is 6.37. The normalized spacial score (nSPS) is 11.7. The first-order valence-corrected chi connectivity index (χ1v) is 10.3. The van der Waals surface area contributed by atoms with Crippen LogP contribution in [0.1, 0.15) is 0 Å². The number of hydrogen-bond donors (Lipinski definition) is 0. The second-order valence-corrected chi connectivity index (χ2v) is 9.67. The van der Waals surface area contributed by atoms with E-state index in [0.717, 1.165) is 0 Å². The number of benzene rings is 2. The minimum absolute atomic E-state index is 0.400. The maximum Gasteiger partial charge on any atom is 0.463 e. The average Bonchev–Trinajstić information content (AvgIpc) is 2.38. The minimum atomic E-state index is -3.69. The third-order valence-electron chi connectivity index (χ3n) is 2.33. The molecular weight excluding hydrogens is 307 g/mol. The fourth-order valence-electron chi connectivity index (χ4n) is 1.63. The molecule has 0 atom stereocenters. The van der Waals surface area contributed by atoms with Gasteiger partial charge in [-0.25, -0.2) is 4.57 Å². The molecule has 0 aliphatic carbocycles. The Hall–Kier alpha value is -1.71. The van der Waals surface area contributed by atoms with Gasteiger partial charge in [-0.1, -0.05) is 36.4 Å². The lowest BCUT2D eigenvalue weighted by Gasteiger charge is -2.17. The van der Waals surface area contributed by atoms with Crippen LogP contribution in [0.5, 0.6) is 11.5 Å². The van der Waals surface area contributed by atoms with Crippen LogP contribution in [0.3, 0.4) is 0 Å². The van der Waals surface area contributed by atoms with Crippen molar-refractivity contribution in [3.8, 4) is 11.5 Å². The van der Waals surface area contributed by atoms with Gasteiger partial charge in [0, 0.05) is 12.5 Å². The molecule has 21 heavy (non-hydrogen) atoms. The SMILES string of the molecule is CS(C)(=O)=CP(=O)(Oc1ccccc1)Oc1ccccc1. The van der Waals surface area contributed by atoms with E-state index in [1.165, 1.54) is 17.6 Å². The zero-order valence-electron chi connectivity index (χ0n) is 11.8. The Labute approximate surface area is 125 Å². The van der Waals surface area contributed by atoms with Crippen molar-refractivity contribution in [2.45, 2.75) is 0 Å². The first-order chi connectivity index (χ1) is 9.86. The maximum atomic E-state index is 12.9. The van der Waals surface area contributed by atoms with E-state index in [-0.39, 0.29) is 0 Å². The Morgan fingerprint density at radius 1 is 0.857 bits per heavy atom. The molecule has 0 fully saturated rings. The van der Waals surface area contributed by atoms with Gasteiger partial charge in [-0.3, -0.25) is 4.21 Å². The zero-order chi connectivity index (χ0) is 15.3. The van der Waals surface area contributed by atoms with E-state index < -0.39 is 17.1 Å². The van der Waals surface area contributed by atoms with Gasteiger partial charge in [0.1, 0.15) is 16.6 Å². The molecule has 0 saturated carbocycles. The summed E-state index contributed by atoms with van der Waals surface area (Å²) < 4.78 is 35.8. The third kappa shape index (κ3) is 5.29. The van der Waals surface area contributed by atoms with Crippen LogP contribution in [0.4, 0.5) is 0 Å². The summed E-state index contributed by atoms with van der Waals surface area (Å²) in [5.41, 5.74) is 0. The van der Waals surface area contributed by atoms with E-state index in [4.69, 9.17) is 9.05 Å². The van der Waals surface area contributed by atoms with Crippen molar-refractivity contribution >= 4 is 22.2 Å². The van der Waals surface area contributed by atoms with E-state index in [0.29, 0.717) is 11.5 Å². The molecule has 0 amide bonds. The summed E-state index contributed by atoms with van der Waals surface area (Å²) in [6, 6.07) is 17.4. The summed E-state index contributed by atoms with van der Waals surface area (Å²) in [5.74, 6) is 0.799. The molecule has 2 aromatic rings. The first kappa shape index (κ1) is 15.7. The van der Waals surface area contributed by atoms with Crippen molar-refractivity contribution in [2.24, 2.45) is 0 Å². The van der Waals surface area contributed by atoms with Crippen molar-refractivity contribution in [3.05, 3.63) is 60.7 Å². The summed E-state index contributed by atoms with van der Waals surface area (Å²) in [6.45, 7) is 0. The molecule has 0 N–H and O–H groups in total. The van der Waals surface area contributed by atoms with Crippen molar-refractivity contribution in [1.82, 2.24) is 0 Å². The molecule has 4 nitrogen and oxygen atoms in total. The van der Waals surface area contributed by atoms with Crippen LogP contribution in [0, 0.1) is 0 Å². The molecule has 0 radical (unpaired) electrons. The Balaban J connectivity index is 2.36. The molecule has 0 aliphatic heterocycles. The van der Waals surface area contributed by atoms with Gasteiger partial charge in [-0.2, -0.15) is 0 Å². The Morgan fingerprint density at radius 2 is 1.24 bits per heavy atom. The van der Waals surface area contributed by atoms with E-state index in [1.54, 1.807) is 48.5 Å². The van der Waals surface area contributed by atoms with Crippen molar-refractivity contribution < 1.29 is 17.8 Å². The fourth-order valence-corrected chi connectivity index (χ4v) is 5.33.